The molecule has 0 fully saturated rings. The number of hydrogen-bond acceptors (Lipinski definition) is 4. The Labute approximate surface area is 141 Å². The van der Waals surface area contributed by atoms with E-state index in [1.807, 2.05) is 17.7 Å². The molecule has 2 heterocycles. The van der Waals surface area contributed by atoms with Crippen LogP contribution in [0.3, 0.4) is 0 Å². The Morgan fingerprint density at radius 3 is 2.71 bits per heavy atom. The zero-order valence-corrected chi connectivity index (χ0v) is 14.6. The number of hydrogen-bond donors (Lipinski definition) is 1. The van der Waals surface area contributed by atoms with Crippen molar-refractivity contribution in [1.82, 2.24) is 19.4 Å². The molecule has 0 aromatic carbocycles. The number of carbonyl (C=O) groups excluding carboxylic acids is 2. The first-order valence-corrected chi connectivity index (χ1v) is 8.04. The minimum absolute atomic E-state index is 0.165. The molecule has 0 spiro atoms. The number of esters is 1. The summed E-state index contributed by atoms with van der Waals surface area (Å²) in [5, 5.41) is 2.92. The van der Waals surface area contributed by atoms with Gasteiger partial charge >= 0.3 is 5.97 Å². The third kappa shape index (κ3) is 3.67. The summed E-state index contributed by atoms with van der Waals surface area (Å²) in [6.45, 7) is 7.02. The lowest BCUT2D eigenvalue weighted by Gasteiger charge is -2.07. The third-order valence-corrected chi connectivity index (χ3v) is 4.06. The highest BCUT2D eigenvalue weighted by Gasteiger charge is 2.25. The molecule has 0 radical (unpaired) electrons. The SMILES string of the molecule is CCOC(=O)c1c(C)c(C(=O)NCCCn2ccnc2)c(C)n1C. The molecule has 7 heteroatoms. The van der Waals surface area contributed by atoms with E-state index in [0.717, 1.165) is 18.7 Å². The molecule has 7 nitrogen and oxygen atoms in total. The van der Waals surface area contributed by atoms with Crippen molar-refractivity contribution in [3.8, 4) is 0 Å². The Bertz CT molecular complexity index is 717. The summed E-state index contributed by atoms with van der Waals surface area (Å²) in [4.78, 5) is 28.6. The number of rotatable bonds is 7. The van der Waals surface area contributed by atoms with Crippen molar-refractivity contribution >= 4 is 11.9 Å². The van der Waals surface area contributed by atoms with Gasteiger partial charge in [-0.25, -0.2) is 9.78 Å². The van der Waals surface area contributed by atoms with Gasteiger partial charge in [0.2, 0.25) is 0 Å². The Balaban J connectivity index is 2.03. The van der Waals surface area contributed by atoms with Crippen LogP contribution in [-0.2, 0) is 18.3 Å². The highest BCUT2D eigenvalue weighted by Crippen LogP contribution is 2.21. The lowest BCUT2D eigenvalue weighted by atomic mass is 10.1. The van der Waals surface area contributed by atoms with E-state index in [1.54, 1.807) is 38.0 Å². The van der Waals surface area contributed by atoms with Gasteiger partial charge in [-0.1, -0.05) is 0 Å². The van der Waals surface area contributed by atoms with Crippen LogP contribution >= 0.6 is 0 Å². The minimum Gasteiger partial charge on any atom is -0.461 e. The van der Waals surface area contributed by atoms with E-state index in [4.69, 9.17) is 4.74 Å². The fourth-order valence-corrected chi connectivity index (χ4v) is 2.77. The summed E-state index contributed by atoms with van der Waals surface area (Å²) in [6.07, 6.45) is 6.17. The van der Waals surface area contributed by atoms with E-state index in [-0.39, 0.29) is 5.91 Å². The quantitative estimate of drug-likeness (QED) is 0.620. The molecule has 130 valence electrons. The molecule has 2 aromatic rings. The second-order valence-corrected chi connectivity index (χ2v) is 5.62. The Morgan fingerprint density at radius 1 is 1.33 bits per heavy atom. The summed E-state index contributed by atoms with van der Waals surface area (Å²) in [5.41, 5.74) is 2.38. The smallest absolute Gasteiger partial charge is 0.355 e. The molecule has 2 rings (SSSR count). The predicted molar refractivity (Wildman–Crippen MR) is 90.0 cm³/mol. The average Bonchev–Trinajstić information content (AvgIpc) is 3.12. The molecule has 0 saturated carbocycles. The van der Waals surface area contributed by atoms with E-state index < -0.39 is 5.97 Å². The van der Waals surface area contributed by atoms with Gasteiger partial charge in [0.15, 0.2) is 0 Å². The van der Waals surface area contributed by atoms with Gasteiger partial charge in [-0.2, -0.15) is 0 Å². The maximum absolute atomic E-state index is 12.5. The summed E-state index contributed by atoms with van der Waals surface area (Å²) in [5.74, 6) is -0.568. The van der Waals surface area contributed by atoms with Crippen LogP contribution in [0.25, 0.3) is 0 Å². The van der Waals surface area contributed by atoms with Crippen molar-refractivity contribution in [1.29, 1.82) is 0 Å². The maximum atomic E-state index is 12.5. The standard InChI is InChI=1S/C17H24N4O3/c1-5-24-17(23)15-12(2)14(13(3)20(15)4)16(22)19-7-6-9-21-10-8-18-11-21/h8,10-11H,5-7,9H2,1-4H3,(H,19,22). The van der Waals surface area contributed by atoms with E-state index >= 15 is 0 Å². The molecule has 0 aliphatic rings. The van der Waals surface area contributed by atoms with Crippen molar-refractivity contribution in [2.45, 2.75) is 33.7 Å². The summed E-state index contributed by atoms with van der Waals surface area (Å²) in [7, 11) is 1.77. The topological polar surface area (TPSA) is 78.2 Å². The lowest BCUT2D eigenvalue weighted by Crippen LogP contribution is -2.26. The van der Waals surface area contributed by atoms with Gasteiger partial charge in [-0.15, -0.1) is 0 Å². The number of nitrogens with one attached hydrogen (secondary N) is 1. The maximum Gasteiger partial charge on any atom is 0.355 e. The summed E-state index contributed by atoms with van der Waals surface area (Å²) < 4.78 is 8.76. The van der Waals surface area contributed by atoms with Gasteiger partial charge in [0.05, 0.1) is 18.5 Å². The monoisotopic (exact) mass is 332 g/mol. The highest BCUT2D eigenvalue weighted by atomic mass is 16.5. The van der Waals surface area contributed by atoms with Crippen molar-refractivity contribution in [3.63, 3.8) is 0 Å². The molecule has 0 bridgehead atoms. The summed E-state index contributed by atoms with van der Waals surface area (Å²) in [6, 6.07) is 0. The zero-order valence-electron chi connectivity index (χ0n) is 14.6. The molecule has 0 atom stereocenters. The molecular weight excluding hydrogens is 308 g/mol. The Kier molecular flexibility index (Phi) is 5.78. The van der Waals surface area contributed by atoms with Gasteiger partial charge < -0.3 is 19.2 Å². The van der Waals surface area contributed by atoms with E-state index in [9.17, 15) is 9.59 Å². The van der Waals surface area contributed by atoms with Crippen molar-refractivity contribution in [2.75, 3.05) is 13.2 Å². The van der Waals surface area contributed by atoms with Gasteiger partial charge in [0.1, 0.15) is 5.69 Å². The van der Waals surface area contributed by atoms with Gasteiger partial charge in [0, 0.05) is 38.2 Å². The van der Waals surface area contributed by atoms with Crippen LogP contribution in [0.4, 0.5) is 0 Å². The molecular formula is C17H24N4O3. The molecule has 0 aliphatic carbocycles. The first kappa shape index (κ1) is 17.8. The molecule has 24 heavy (non-hydrogen) atoms. The number of nitrogens with zero attached hydrogens (tertiary/aromatic N) is 3. The van der Waals surface area contributed by atoms with Crippen LogP contribution in [0.1, 0.15) is 45.4 Å². The number of carbonyl (C=O) groups is 2. The van der Waals surface area contributed by atoms with Crippen LogP contribution in [-0.4, -0.2) is 39.1 Å². The van der Waals surface area contributed by atoms with E-state index in [1.165, 1.54) is 0 Å². The van der Waals surface area contributed by atoms with Crippen LogP contribution in [0.5, 0.6) is 0 Å². The second-order valence-electron chi connectivity index (χ2n) is 5.62. The second kappa shape index (κ2) is 7.81. The van der Waals surface area contributed by atoms with Gasteiger partial charge in [-0.05, 0) is 32.8 Å². The van der Waals surface area contributed by atoms with Crippen LogP contribution < -0.4 is 5.32 Å². The number of ether oxygens (including phenoxy) is 1. The third-order valence-electron chi connectivity index (χ3n) is 4.06. The first-order chi connectivity index (χ1) is 11.5. The fourth-order valence-electron chi connectivity index (χ4n) is 2.77. The number of aryl methyl sites for hydroxylation is 1. The summed E-state index contributed by atoms with van der Waals surface area (Å²) >= 11 is 0. The van der Waals surface area contributed by atoms with Crippen molar-refractivity contribution in [3.05, 3.63) is 41.2 Å². The van der Waals surface area contributed by atoms with Crippen molar-refractivity contribution < 1.29 is 14.3 Å². The van der Waals surface area contributed by atoms with Gasteiger partial charge in [0.25, 0.3) is 5.91 Å². The minimum atomic E-state index is -0.403. The highest BCUT2D eigenvalue weighted by molar-refractivity contribution is 6.01. The number of imidazole rings is 1. The zero-order chi connectivity index (χ0) is 17.7. The van der Waals surface area contributed by atoms with Crippen LogP contribution in [0.15, 0.2) is 18.7 Å². The predicted octanol–water partition coefficient (Wildman–Crippen LogP) is 1.84. The normalized spacial score (nSPS) is 10.7. The number of amides is 1. The first-order valence-electron chi connectivity index (χ1n) is 8.04. The molecule has 0 aliphatic heterocycles. The molecule has 2 aromatic heterocycles. The Morgan fingerprint density at radius 2 is 2.08 bits per heavy atom. The Hall–Kier alpha value is -2.57. The molecule has 1 N–H and O–H groups in total. The lowest BCUT2D eigenvalue weighted by molar-refractivity contribution is 0.0514. The van der Waals surface area contributed by atoms with Gasteiger partial charge in [-0.3, -0.25) is 4.79 Å². The fraction of sp³-hybridized carbons (Fsp3) is 0.471. The van der Waals surface area contributed by atoms with E-state index in [2.05, 4.69) is 10.3 Å². The number of aromatic nitrogens is 3. The molecule has 0 unspecified atom stereocenters. The van der Waals surface area contributed by atoms with Crippen LogP contribution in [0.2, 0.25) is 0 Å². The van der Waals surface area contributed by atoms with Crippen LogP contribution in [0, 0.1) is 13.8 Å². The molecule has 0 saturated heterocycles. The van der Waals surface area contributed by atoms with E-state index in [0.29, 0.717) is 30.0 Å². The molecule has 1 amide bonds. The van der Waals surface area contributed by atoms with Crippen molar-refractivity contribution in [2.24, 2.45) is 7.05 Å². The largest absolute Gasteiger partial charge is 0.461 e. The average molecular weight is 332 g/mol.